The van der Waals surface area contributed by atoms with Crippen LogP contribution < -0.4 is 0 Å². The summed E-state index contributed by atoms with van der Waals surface area (Å²) in [5.74, 6) is 1.22. The zero-order valence-corrected chi connectivity index (χ0v) is 7.47. The SMILES string of the molecule is CN(C)CC1CCC(=O)CC1. The molecule has 0 N–H and O–H groups in total. The lowest BCUT2D eigenvalue weighted by Crippen LogP contribution is -2.25. The molecule has 64 valence electrons. The number of ketones is 1. The predicted molar refractivity (Wildman–Crippen MR) is 45.5 cm³/mol. The first kappa shape index (κ1) is 8.72. The summed E-state index contributed by atoms with van der Waals surface area (Å²) in [7, 11) is 4.19. The van der Waals surface area contributed by atoms with Gasteiger partial charge in [0.2, 0.25) is 0 Å². The molecule has 0 saturated heterocycles. The van der Waals surface area contributed by atoms with Gasteiger partial charge in [-0.2, -0.15) is 0 Å². The highest BCUT2D eigenvalue weighted by molar-refractivity contribution is 5.79. The van der Waals surface area contributed by atoms with E-state index in [1.807, 2.05) is 0 Å². The van der Waals surface area contributed by atoms with Crippen molar-refractivity contribution in [3.63, 3.8) is 0 Å². The van der Waals surface area contributed by atoms with Crippen LogP contribution >= 0.6 is 0 Å². The summed E-state index contributed by atoms with van der Waals surface area (Å²) in [5, 5.41) is 0. The third-order valence-corrected chi connectivity index (χ3v) is 2.29. The van der Waals surface area contributed by atoms with Crippen molar-refractivity contribution >= 4 is 5.78 Å². The van der Waals surface area contributed by atoms with Crippen LogP contribution in [0.25, 0.3) is 0 Å². The van der Waals surface area contributed by atoms with Gasteiger partial charge in [0.25, 0.3) is 0 Å². The Morgan fingerprint density at radius 2 is 1.91 bits per heavy atom. The van der Waals surface area contributed by atoms with Gasteiger partial charge in [0.15, 0.2) is 0 Å². The van der Waals surface area contributed by atoms with Crippen LogP contribution in [0.15, 0.2) is 0 Å². The Morgan fingerprint density at radius 3 is 2.36 bits per heavy atom. The van der Waals surface area contributed by atoms with E-state index < -0.39 is 0 Å². The maximum atomic E-state index is 10.9. The molecule has 0 bridgehead atoms. The highest BCUT2D eigenvalue weighted by atomic mass is 16.1. The van der Waals surface area contributed by atoms with Gasteiger partial charge in [0, 0.05) is 19.4 Å². The summed E-state index contributed by atoms with van der Waals surface area (Å²) in [6.45, 7) is 1.15. The maximum absolute atomic E-state index is 10.9. The number of carbonyl (C=O) groups excluding carboxylic acids is 1. The fraction of sp³-hybridized carbons (Fsp3) is 0.889. The lowest BCUT2D eigenvalue weighted by molar-refractivity contribution is -0.121. The number of rotatable bonds is 2. The molecule has 0 amide bonds. The summed E-state index contributed by atoms with van der Waals surface area (Å²) in [5.41, 5.74) is 0. The van der Waals surface area contributed by atoms with Gasteiger partial charge in [-0.25, -0.2) is 0 Å². The highest BCUT2D eigenvalue weighted by Crippen LogP contribution is 2.21. The fourth-order valence-electron chi connectivity index (χ4n) is 1.70. The molecule has 0 unspecified atom stereocenters. The van der Waals surface area contributed by atoms with E-state index >= 15 is 0 Å². The topological polar surface area (TPSA) is 20.3 Å². The van der Waals surface area contributed by atoms with E-state index in [0.717, 1.165) is 38.1 Å². The van der Waals surface area contributed by atoms with Gasteiger partial charge >= 0.3 is 0 Å². The van der Waals surface area contributed by atoms with Crippen LogP contribution in [0.1, 0.15) is 25.7 Å². The summed E-state index contributed by atoms with van der Waals surface area (Å²) in [6, 6.07) is 0. The molecule has 1 saturated carbocycles. The minimum Gasteiger partial charge on any atom is -0.309 e. The molecule has 0 aromatic rings. The van der Waals surface area contributed by atoms with E-state index in [2.05, 4.69) is 19.0 Å². The minimum atomic E-state index is 0.458. The smallest absolute Gasteiger partial charge is 0.132 e. The monoisotopic (exact) mass is 155 g/mol. The van der Waals surface area contributed by atoms with Crippen LogP contribution in [0.2, 0.25) is 0 Å². The van der Waals surface area contributed by atoms with Crippen LogP contribution in [-0.2, 0) is 4.79 Å². The second-order valence-electron chi connectivity index (χ2n) is 3.74. The Hall–Kier alpha value is -0.370. The molecule has 0 heterocycles. The highest BCUT2D eigenvalue weighted by Gasteiger charge is 2.18. The molecule has 1 aliphatic carbocycles. The number of nitrogens with zero attached hydrogens (tertiary/aromatic N) is 1. The van der Waals surface area contributed by atoms with Crippen LogP contribution in [0.3, 0.4) is 0 Å². The summed E-state index contributed by atoms with van der Waals surface area (Å²) >= 11 is 0. The Labute approximate surface area is 68.6 Å². The van der Waals surface area contributed by atoms with Crippen molar-refractivity contribution in [1.29, 1.82) is 0 Å². The molecule has 11 heavy (non-hydrogen) atoms. The molecule has 1 fully saturated rings. The Bertz CT molecular complexity index is 132. The lowest BCUT2D eigenvalue weighted by Gasteiger charge is -2.23. The van der Waals surface area contributed by atoms with E-state index in [4.69, 9.17) is 0 Å². The van der Waals surface area contributed by atoms with Crippen molar-refractivity contribution in [3.05, 3.63) is 0 Å². The average Bonchev–Trinajstić information content (AvgIpc) is 1.93. The van der Waals surface area contributed by atoms with Crippen molar-refractivity contribution in [2.75, 3.05) is 20.6 Å². The first-order valence-corrected chi connectivity index (χ1v) is 4.35. The van der Waals surface area contributed by atoms with E-state index in [-0.39, 0.29) is 0 Å². The first-order chi connectivity index (χ1) is 5.18. The van der Waals surface area contributed by atoms with Gasteiger partial charge < -0.3 is 4.90 Å². The van der Waals surface area contributed by atoms with Crippen molar-refractivity contribution in [3.8, 4) is 0 Å². The number of carbonyl (C=O) groups is 1. The van der Waals surface area contributed by atoms with Gasteiger partial charge in [-0.15, -0.1) is 0 Å². The first-order valence-electron chi connectivity index (χ1n) is 4.35. The molecule has 0 aliphatic heterocycles. The molecule has 0 atom stereocenters. The lowest BCUT2D eigenvalue weighted by atomic mass is 9.88. The van der Waals surface area contributed by atoms with Crippen molar-refractivity contribution in [2.24, 2.45) is 5.92 Å². The Balaban J connectivity index is 2.22. The van der Waals surface area contributed by atoms with Crippen molar-refractivity contribution in [1.82, 2.24) is 4.90 Å². The molecule has 0 aromatic carbocycles. The quantitative estimate of drug-likeness (QED) is 0.599. The second-order valence-corrected chi connectivity index (χ2v) is 3.74. The molecule has 2 nitrogen and oxygen atoms in total. The summed E-state index contributed by atoms with van der Waals surface area (Å²) in [6.07, 6.45) is 3.85. The number of hydrogen-bond donors (Lipinski definition) is 0. The number of hydrogen-bond acceptors (Lipinski definition) is 2. The zero-order chi connectivity index (χ0) is 8.27. The van der Waals surface area contributed by atoms with Gasteiger partial charge in [-0.1, -0.05) is 0 Å². The molecule has 0 radical (unpaired) electrons. The fourth-order valence-corrected chi connectivity index (χ4v) is 1.70. The summed E-state index contributed by atoms with van der Waals surface area (Å²) < 4.78 is 0. The van der Waals surface area contributed by atoms with Gasteiger partial charge in [0.1, 0.15) is 5.78 Å². The molecule has 0 aromatic heterocycles. The van der Waals surface area contributed by atoms with Crippen molar-refractivity contribution in [2.45, 2.75) is 25.7 Å². The molecular weight excluding hydrogens is 138 g/mol. The second kappa shape index (κ2) is 3.86. The van der Waals surface area contributed by atoms with Crippen molar-refractivity contribution < 1.29 is 4.79 Å². The number of Topliss-reactive ketones (excluding diaryl/α,β-unsaturated/α-hetero) is 1. The average molecular weight is 155 g/mol. The van der Waals surface area contributed by atoms with Crippen LogP contribution in [0.5, 0.6) is 0 Å². The van der Waals surface area contributed by atoms with Crippen LogP contribution in [-0.4, -0.2) is 31.3 Å². The third kappa shape index (κ3) is 3.02. The standard InChI is InChI=1S/C9H17NO/c1-10(2)7-8-3-5-9(11)6-4-8/h8H,3-7H2,1-2H3. The van der Waals surface area contributed by atoms with Gasteiger partial charge in [-0.3, -0.25) is 4.79 Å². The molecule has 1 rings (SSSR count). The van der Waals surface area contributed by atoms with E-state index in [0.29, 0.717) is 5.78 Å². The largest absolute Gasteiger partial charge is 0.309 e. The molecule has 2 heteroatoms. The van der Waals surface area contributed by atoms with Gasteiger partial charge in [0.05, 0.1) is 0 Å². The summed E-state index contributed by atoms with van der Waals surface area (Å²) in [4.78, 5) is 13.1. The van der Waals surface area contributed by atoms with E-state index in [9.17, 15) is 4.79 Å². The van der Waals surface area contributed by atoms with Crippen LogP contribution in [0, 0.1) is 5.92 Å². The van der Waals surface area contributed by atoms with E-state index in [1.165, 1.54) is 0 Å². The minimum absolute atomic E-state index is 0.458. The van der Waals surface area contributed by atoms with Gasteiger partial charge in [-0.05, 0) is 32.9 Å². The predicted octanol–water partition coefficient (Wildman–Crippen LogP) is 1.31. The molecular formula is C9H17NO. The van der Waals surface area contributed by atoms with E-state index in [1.54, 1.807) is 0 Å². The normalized spacial score (nSPS) is 21.2. The Morgan fingerprint density at radius 1 is 1.36 bits per heavy atom. The maximum Gasteiger partial charge on any atom is 0.132 e. The molecule has 0 spiro atoms. The van der Waals surface area contributed by atoms with Crippen LogP contribution in [0.4, 0.5) is 0 Å². The zero-order valence-electron chi connectivity index (χ0n) is 7.47. The Kier molecular flexibility index (Phi) is 3.06. The third-order valence-electron chi connectivity index (χ3n) is 2.29. The molecule has 1 aliphatic rings.